The first kappa shape index (κ1) is 11.1. The van der Waals surface area contributed by atoms with Crippen molar-refractivity contribution < 1.29 is 4.79 Å². The molecular weight excluding hydrogens is 198 g/mol. The molecule has 0 N–H and O–H groups in total. The van der Waals surface area contributed by atoms with Gasteiger partial charge in [-0.2, -0.15) is 0 Å². The Balaban J connectivity index is 1.98. The Bertz CT molecular complexity index is 394. The van der Waals surface area contributed by atoms with E-state index in [1.165, 1.54) is 5.56 Å². The number of Topliss-reactive ketones (excluding diaryl/α,β-unsaturated/α-hetero) is 1. The van der Waals surface area contributed by atoms with Crippen LogP contribution in [0.15, 0.2) is 42.0 Å². The fraction of sp³-hybridized carbons (Fsp3) is 0.357. The van der Waals surface area contributed by atoms with E-state index in [0.29, 0.717) is 0 Å². The van der Waals surface area contributed by atoms with E-state index >= 15 is 0 Å². The first-order valence-corrected chi connectivity index (χ1v) is 5.72. The van der Waals surface area contributed by atoms with Gasteiger partial charge in [0, 0.05) is 25.2 Å². The molecule has 0 atom stereocenters. The maximum atomic E-state index is 11.3. The van der Waals surface area contributed by atoms with E-state index in [1.54, 1.807) is 6.92 Å². The maximum Gasteiger partial charge on any atom is 0.156 e. The van der Waals surface area contributed by atoms with Crippen molar-refractivity contribution in [1.29, 1.82) is 0 Å². The highest BCUT2D eigenvalue weighted by Crippen LogP contribution is 2.13. The van der Waals surface area contributed by atoms with Crippen molar-refractivity contribution in [1.82, 2.24) is 4.90 Å². The predicted octanol–water partition coefficient (Wildman–Crippen LogP) is 2.41. The lowest BCUT2D eigenvalue weighted by Gasteiger charge is -2.26. The summed E-state index contributed by atoms with van der Waals surface area (Å²) in [6, 6.07) is 10.4. The van der Waals surface area contributed by atoms with Crippen LogP contribution >= 0.6 is 0 Å². The molecule has 0 aromatic heterocycles. The third kappa shape index (κ3) is 2.80. The summed E-state index contributed by atoms with van der Waals surface area (Å²) in [6.45, 7) is 4.43. The van der Waals surface area contributed by atoms with Gasteiger partial charge in [0.05, 0.1) is 0 Å². The molecule has 0 amide bonds. The SMILES string of the molecule is CC(=O)C1=CCCN(Cc2ccccc2)C1. The molecule has 84 valence electrons. The van der Waals surface area contributed by atoms with E-state index in [1.807, 2.05) is 6.07 Å². The van der Waals surface area contributed by atoms with Crippen LogP contribution in [0, 0.1) is 0 Å². The van der Waals surface area contributed by atoms with E-state index in [9.17, 15) is 4.79 Å². The van der Waals surface area contributed by atoms with Crippen LogP contribution in [0.2, 0.25) is 0 Å². The van der Waals surface area contributed by atoms with E-state index in [0.717, 1.165) is 31.6 Å². The topological polar surface area (TPSA) is 20.3 Å². The van der Waals surface area contributed by atoms with E-state index in [2.05, 4.69) is 35.2 Å². The van der Waals surface area contributed by atoms with Gasteiger partial charge in [-0.3, -0.25) is 9.69 Å². The highest BCUT2D eigenvalue weighted by molar-refractivity contribution is 5.93. The van der Waals surface area contributed by atoms with E-state index < -0.39 is 0 Å². The Kier molecular flexibility index (Phi) is 3.52. The molecule has 16 heavy (non-hydrogen) atoms. The van der Waals surface area contributed by atoms with Crippen LogP contribution in [0.4, 0.5) is 0 Å². The highest BCUT2D eigenvalue weighted by atomic mass is 16.1. The molecule has 0 spiro atoms. The summed E-state index contributed by atoms with van der Waals surface area (Å²) >= 11 is 0. The van der Waals surface area contributed by atoms with Crippen molar-refractivity contribution in [2.45, 2.75) is 19.9 Å². The summed E-state index contributed by atoms with van der Waals surface area (Å²) in [5, 5.41) is 0. The van der Waals surface area contributed by atoms with Crippen molar-refractivity contribution in [2.75, 3.05) is 13.1 Å². The van der Waals surface area contributed by atoms with Gasteiger partial charge in [0.15, 0.2) is 5.78 Å². The zero-order valence-electron chi connectivity index (χ0n) is 9.65. The smallest absolute Gasteiger partial charge is 0.156 e. The number of carbonyl (C=O) groups excluding carboxylic acids is 1. The van der Waals surface area contributed by atoms with Gasteiger partial charge in [-0.05, 0) is 18.9 Å². The van der Waals surface area contributed by atoms with Crippen molar-refractivity contribution >= 4 is 5.78 Å². The number of ketones is 1. The summed E-state index contributed by atoms with van der Waals surface area (Å²) in [5.74, 6) is 0.206. The molecule has 2 nitrogen and oxygen atoms in total. The molecule has 0 bridgehead atoms. The number of hydrogen-bond donors (Lipinski definition) is 0. The normalized spacial score (nSPS) is 16.9. The Labute approximate surface area is 96.6 Å². The first-order valence-electron chi connectivity index (χ1n) is 5.72. The molecule has 0 fully saturated rings. The van der Waals surface area contributed by atoms with Crippen molar-refractivity contribution in [2.24, 2.45) is 0 Å². The first-order chi connectivity index (χ1) is 7.75. The van der Waals surface area contributed by atoms with Gasteiger partial charge < -0.3 is 0 Å². The summed E-state index contributed by atoms with van der Waals surface area (Å²) in [6.07, 6.45) is 3.06. The van der Waals surface area contributed by atoms with Crippen molar-refractivity contribution in [3.8, 4) is 0 Å². The van der Waals surface area contributed by atoms with Gasteiger partial charge >= 0.3 is 0 Å². The molecule has 1 aromatic rings. The summed E-state index contributed by atoms with van der Waals surface area (Å²) in [4.78, 5) is 13.6. The second kappa shape index (κ2) is 5.08. The average Bonchev–Trinajstić information content (AvgIpc) is 2.30. The Hall–Kier alpha value is -1.41. The van der Waals surface area contributed by atoms with Gasteiger partial charge in [0.2, 0.25) is 0 Å². The van der Waals surface area contributed by atoms with Gasteiger partial charge in [-0.25, -0.2) is 0 Å². The lowest BCUT2D eigenvalue weighted by Crippen LogP contribution is -2.31. The maximum absolute atomic E-state index is 11.3. The van der Waals surface area contributed by atoms with Gasteiger partial charge in [-0.15, -0.1) is 0 Å². The van der Waals surface area contributed by atoms with Crippen LogP contribution in [-0.4, -0.2) is 23.8 Å². The number of hydrogen-bond acceptors (Lipinski definition) is 2. The van der Waals surface area contributed by atoms with Crippen LogP contribution in [0.1, 0.15) is 18.9 Å². The van der Waals surface area contributed by atoms with Crippen molar-refractivity contribution in [3.63, 3.8) is 0 Å². The third-order valence-corrected chi connectivity index (χ3v) is 2.93. The van der Waals surface area contributed by atoms with Crippen molar-refractivity contribution in [3.05, 3.63) is 47.5 Å². The lowest BCUT2D eigenvalue weighted by molar-refractivity contribution is -0.114. The zero-order chi connectivity index (χ0) is 11.4. The summed E-state index contributed by atoms with van der Waals surface area (Å²) < 4.78 is 0. The second-order valence-electron chi connectivity index (χ2n) is 4.27. The monoisotopic (exact) mass is 215 g/mol. The molecule has 0 unspecified atom stereocenters. The summed E-state index contributed by atoms with van der Waals surface area (Å²) in [7, 11) is 0. The predicted molar refractivity (Wildman–Crippen MR) is 65.1 cm³/mol. The average molecular weight is 215 g/mol. The Morgan fingerprint density at radius 1 is 1.31 bits per heavy atom. The fourth-order valence-corrected chi connectivity index (χ4v) is 2.04. The van der Waals surface area contributed by atoms with Gasteiger partial charge in [0.25, 0.3) is 0 Å². The Morgan fingerprint density at radius 3 is 2.75 bits per heavy atom. The summed E-state index contributed by atoms with van der Waals surface area (Å²) in [5.41, 5.74) is 2.27. The molecule has 0 saturated carbocycles. The van der Waals surface area contributed by atoms with Crippen LogP contribution < -0.4 is 0 Å². The molecule has 1 heterocycles. The number of nitrogens with zero attached hydrogens (tertiary/aromatic N) is 1. The molecule has 2 heteroatoms. The van der Waals surface area contributed by atoms with Crippen LogP contribution in [0.25, 0.3) is 0 Å². The molecule has 0 radical (unpaired) electrons. The zero-order valence-corrected chi connectivity index (χ0v) is 9.65. The Morgan fingerprint density at radius 2 is 2.06 bits per heavy atom. The third-order valence-electron chi connectivity index (χ3n) is 2.93. The highest BCUT2D eigenvalue weighted by Gasteiger charge is 2.15. The minimum absolute atomic E-state index is 0.206. The molecule has 0 aliphatic carbocycles. The number of benzene rings is 1. The minimum atomic E-state index is 0.206. The molecule has 1 aromatic carbocycles. The molecule has 0 saturated heterocycles. The van der Waals surface area contributed by atoms with Gasteiger partial charge in [0.1, 0.15) is 0 Å². The lowest BCUT2D eigenvalue weighted by atomic mass is 10.1. The second-order valence-corrected chi connectivity index (χ2v) is 4.27. The van der Waals surface area contributed by atoms with E-state index in [-0.39, 0.29) is 5.78 Å². The van der Waals surface area contributed by atoms with Crippen LogP contribution in [0.3, 0.4) is 0 Å². The fourth-order valence-electron chi connectivity index (χ4n) is 2.04. The number of carbonyl (C=O) groups is 1. The molecule has 1 aliphatic rings. The minimum Gasteiger partial charge on any atom is -0.295 e. The van der Waals surface area contributed by atoms with E-state index in [4.69, 9.17) is 0 Å². The molecular formula is C14H17NO. The molecule has 1 aliphatic heterocycles. The van der Waals surface area contributed by atoms with Crippen LogP contribution in [0.5, 0.6) is 0 Å². The standard InChI is InChI=1S/C14H17NO/c1-12(16)14-8-5-9-15(11-14)10-13-6-3-2-4-7-13/h2-4,6-8H,5,9-11H2,1H3. The number of rotatable bonds is 3. The quantitative estimate of drug-likeness (QED) is 0.771. The molecule has 2 rings (SSSR count). The van der Waals surface area contributed by atoms with Crippen LogP contribution in [-0.2, 0) is 11.3 Å². The largest absolute Gasteiger partial charge is 0.295 e. The van der Waals surface area contributed by atoms with Gasteiger partial charge in [-0.1, -0.05) is 36.4 Å².